The molecule has 0 amide bonds. The van der Waals surface area contributed by atoms with Gasteiger partial charge in [-0.2, -0.15) is 4.98 Å². The van der Waals surface area contributed by atoms with Gasteiger partial charge in [0.1, 0.15) is 17.4 Å². The van der Waals surface area contributed by atoms with Gasteiger partial charge in [0.25, 0.3) is 11.4 Å². The second-order valence-electron chi connectivity index (χ2n) is 7.21. The zero-order chi connectivity index (χ0) is 19.3. The molecule has 0 atom stereocenters. The molecule has 0 radical (unpaired) electrons. The van der Waals surface area contributed by atoms with Gasteiger partial charge in [-0.25, -0.2) is 4.98 Å². The van der Waals surface area contributed by atoms with Crippen LogP contribution in [0.4, 0.5) is 0 Å². The Kier molecular flexibility index (Phi) is 3.88. The van der Waals surface area contributed by atoms with E-state index in [2.05, 4.69) is 15.1 Å². The number of hydrogen-bond acceptors (Lipinski definition) is 6. The zero-order valence-electron chi connectivity index (χ0n) is 15.9. The summed E-state index contributed by atoms with van der Waals surface area (Å²) in [6, 6.07) is 7.73. The zero-order valence-corrected chi connectivity index (χ0v) is 15.9. The van der Waals surface area contributed by atoms with Crippen LogP contribution in [-0.4, -0.2) is 31.2 Å². The van der Waals surface area contributed by atoms with Crippen LogP contribution in [0.2, 0.25) is 0 Å². The van der Waals surface area contributed by atoms with E-state index in [1.807, 2.05) is 52.0 Å². The molecule has 1 aromatic carbocycles. The van der Waals surface area contributed by atoms with Crippen molar-refractivity contribution in [3.8, 4) is 11.6 Å². The fourth-order valence-corrected chi connectivity index (χ4v) is 3.16. The summed E-state index contributed by atoms with van der Waals surface area (Å²) in [5, 5.41) is 4.00. The minimum absolute atomic E-state index is 0.0131. The van der Waals surface area contributed by atoms with Gasteiger partial charge in [0.15, 0.2) is 5.69 Å². The summed E-state index contributed by atoms with van der Waals surface area (Å²) in [5.41, 5.74) is 1.65. The van der Waals surface area contributed by atoms with E-state index >= 15 is 0 Å². The monoisotopic (exact) mass is 367 g/mol. The summed E-state index contributed by atoms with van der Waals surface area (Å²) in [5.74, 6) is 0.589. The number of nitrogens with zero attached hydrogens (tertiary/aromatic N) is 5. The molecule has 4 aromatic rings. The van der Waals surface area contributed by atoms with E-state index in [0.717, 1.165) is 11.0 Å². The van der Waals surface area contributed by atoms with Gasteiger partial charge in [-0.1, -0.05) is 17.3 Å². The molecular weight excluding hydrogens is 346 g/mol. The number of ether oxygens (including phenoxy) is 1. The largest absolute Gasteiger partial charge is 0.371 e. The third kappa shape index (κ3) is 2.56. The molecule has 0 N–H and O–H groups in total. The van der Waals surface area contributed by atoms with E-state index in [0.29, 0.717) is 17.0 Å². The topological polar surface area (TPSA) is 87.5 Å². The van der Waals surface area contributed by atoms with Crippen LogP contribution >= 0.6 is 0 Å². The molecule has 0 saturated heterocycles. The number of methoxy groups -OCH3 is 1. The quantitative estimate of drug-likeness (QED) is 0.551. The van der Waals surface area contributed by atoms with Crippen molar-refractivity contribution >= 4 is 16.6 Å². The first-order chi connectivity index (χ1) is 12.8. The lowest BCUT2D eigenvalue weighted by Crippen LogP contribution is -2.24. The molecule has 0 unspecified atom stereocenters. The standard InChI is InChI=1S/C19H21N5O3/c1-11(2)24-13-9-7-6-8-12(13)23-10-20-14(15(23)17(24)25)16-21-18(22-27-16)19(3,4)26-5/h6-11H,1-5H3. The van der Waals surface area contributed by atoms with Gasteiger partial charge in [0, 0.05) is 13.2 Å². The Morgan fingerprint density at radius 3 is 2.56 bits per heavy atom. The second-order valence-corrected chi connectivity index (χ2v) is 7.21. The number of hydrogen-bond donors (Lipinski definition) is 0. The third-order valence-electron chi connectivity index (χ3n) is 4.78. The molecule has 0 aliphatic rings. The first kappa shape index (κ1) is 17.4. The molecule has 27 heavy (non-hydrogen) atoms. The summed E-state index contributed by atoms with van der Waals surface area (Å²) in [6.45, 7) is 7.64. The average molecular weight is 367 g/mol. The van der Waals surface area contributed by atoms with Gasteiger partial charge in [-0.15, -0.1) is 0 Å². The third-order valence-corrected chi connectivity index (χ3v) is 4.78. The lowest BCUT2D eigenvalue weighted by atomic mass is 10.1. The maximum absolute atomic E-state index is 13.3. The molecular formula is C19H21N5O3. The number of benzene rings is 1. The molecule has 0 aliphatic carbocycles. The van der Waals surface area contributed by atoms with Crippen molar-refractivity contribution in [3.63, 3.8) is 0 Å². The van der Waals surface area contributed by atoms with Crippen molar-refractivity contribution in [1.29, 1.82) is 0 Å². The van der Waals surface area contributed by atoms with E-state index in [4.69, 9.17) is 9.26 Å². The summed E-state index contributed by atoms with van der Waals surface area (Å²) in [7, 11) is 1.58. The van der Waals surface area contributed by atoms with E-state index in [9.17, 15) is 4.79 Å². The van der Waals surface area contributed by atoms with Gasteiger partial charge >= 0.3 is 0 Å². The highest BCUT2D eigenvalue weighted by Gasteiger charge is 2.28. The van der Waals surface area contributed by atoms with Gasteiger partial charge < -0.3 is 13.8 Å². The highest BCUT2D eigenvalue weighted by molar-refractivity contribution is 5.83. The maximum Gasteiger partial charge on any atom is 0.279 e. The Bertz CT molecular complexity index is 1200. The van der Waals surface area contributed by atoms with Crippen molar-refractivity contribution < 1.29 is 9.26 Å². The smallest absolute Gasteiger partial charge is 0.279 e. The van der Waals surface area contributed by atoms with Crippen LogP contribution in [0.25, 0.3) is 28.1 Å². The van der Waals surface area contributed by atoms with Crippen molar-refractivity contribution in [1.82, 2.24) is 24.1 Å². The number of imidazole rings is 1. The fraction of sp³-hybridized carbons (Fsp3) is 0.368. The van der Waals surface area contributed by atoms with Crippen LogP contribution in [0, 0.1) is 0 Å². The summed E-state index contributed by atoms with van der Waals surface area (Å²) in [6.07, 6.45) is 1.62. The summed E-state index contributed by atoms with van der Waals surface area (Å²) in [4.78, 5) is 22.1. The molecule has 3 aromatic heterocycles. The van der Waals surface area contributed by atoms with Gasteiger partial charge in [0.2, 0.25) is 5.82 Å². The van der Waals surface area contributed by atoms with Crippen molar-refractivity contribution in [2.24, 2.45) is 0 Å². The summed E-state index contributed by atoms with van der Waals surface area (Å²) >= 11 is 0. The van der Waals surface area contributed by atoms with E-state index in [-0.39, 0.29) is 17.5 Å². The predicted octanol–water partition coefficient (Wildman–Crippen LogP) is 3.16. The van der Waals surface area contributed by atoms with Crippen LogP contribution in [0.15, 0.2) is 39.9 Å². The Morgan fingerprint density at radius 1 is 1.19 bits per heavy atom. The first-order valence-electron chi connectivity index (χ1n) is 8.75. The van der Waals surface area contributed by atoms with Gasteiger partial charge in [-0.05, 0) is 39.8 Å². The van der Waals surface area contributed by atoms with Crippen molar-refractivity contribution in [3.05, 3.63) is 46.8 Å². The number of rotatable bonds is 4. The lowest BCUT2D eigenvalue weighted by molar-refractivity contribution is 0.00973. The molecule has 140 valence electrons. The van der Waals surface area contributed by atoms with Crippen LogP contribution in [0.3, 0.4) is 0 Å². The maximum atomic E-state index is 13.3. The Morgan fingerprint density at radius 2 is 1.89 bits per heavy atom. The number of aromatic nitrogens is 5. The molecule has 8 nitrogen and oxygen atoms in total. The van der Waals surface area contributed by atoms with Crippen molar-refractivity contribution in [2.45, 2.75) is 39.3 Å². The molecule has 0 aliphatic heterocycles. The first-order valence-corrected chi connectivity index (χ1v) is 8.75. The van der Waals surface area contributed by atoms with E-state index in [1.54, 1.807) is 22.4 Å². The summed E-state index contributed by atoms with van der Waals surface area (Å²) < 4.78 is 14.3. The van der Waals surface area contributed by atoms with E-state index < -0.39 is 5.60 Å². The lowest BCUT2D eigenvalue weighted by Gasteiger charge is -2.17. The number of para-hydroxylation sites is 2. The molecule has 8 heteroatoms. The van der Waals surface area contributed by atoms with Crippen LogP contribution < -0.4 is 5.56 Å². The minimum atomic E-state index is -0.706. The molecule has 0 spiro atoms. The average Bonchev–Trinajstić information content (AvgIpc) is 3.29. The van der Waals surface area contributed by atoms with E-state index in [1.165, 1.54) is 0 Å². The van der Waals surface area contributed by atoms with Gasteiger partial charge in [0.05, 0.1) is 11.0 Å². The highest BCUT2D eigenvalue weighted by Crippen LogP contribution is 2.27. The number of fused-ring (bicyclic) bond motifs is 3. The van der Waals surface area contributed by atoms with Crippen LogP contribution in [0.5, 0.6) is 0 Å². The molecule has 0 bridgehead atoms. The Balaban J connectivity index is 2.04. The SMILES string of the molecule is COC(C)(C)c1noc(-c2ncn3c2c(=O)n(C(C)C)c2ccccc23)n1. The molecule has 0 fully saturated rings. The minimum Gasteiger partial charge on any atom is -0.371 e. The normalized spacial score (nSPS) is 12.5. The molecule has 4 rings (SSSR count). The predicted molar refractivity (Wildman–Crippen MR) is 101 cm³/mol. The molecule has 3 heterocycles. The Labute approximate surface area is 155 Å². The van der Waals surface area contributed by atoms with Gasteiger partial charge in [-0.3, -0.25) is 9.20 Å². The molecule has 0 saturated carbocycles. The Hall–Kier alpha value is -3.00. The van der Waals surface area contributed by atoms with Crippen LogP contribution in [-0.2, 0) is 10.3 Å². The van der Waals surface area contributed by atoms with Crippen molar-refractivity contribution in [2.75, 3.05) is 7.11 Å². The fourth-order valence-electron chi connectivity index (χ4n) is 3.16. The highest BCUT2D eigenvalue weighted by atomic mass is 16.5. The second kappa shape index (κ2) is 6.02. The van der Waals surface area contributed by atoms with Crippen LogP contribution in [0.1, 0.15) is 39.6 Å².